The van der Waals surface area contributed by atoms with E-state index in [1.165, 1.54) is 65.3 Å². The molecule has 1 nitrogen and oxygen atoms in total. The Morgan fingerprint density at radius 3 is 1.16 bits per heavy atom. The van der Waals surface area contributed by atoms with Crippen LogP contribution in [0, 0.1) is 0 Å². The molecule has 1 aliphatic rings. The molecule has 1 heteroatoms. The largest absolute Gasteiger partial charge is 0.303 e. The van der Waals surface area contributed by atoms with Gasteiger partial charge in [0.05, 0.1) is 0 Å². The molecular formula is C31H20O. The summed E-state index contributed by atoms with van der Waals surface area (Å²) in [4.78, 5) is 12.0. The molecule has 0 atom stereocenters. The highest BCUT2D eigenvalue weighted by Gasteiger charge is 2.35. The summed E-state index contributed by atoms with van der Waals surface area (Å²) >= 11 is 0. The van der Waals surface area contributed by atoms with Crippen LogP contribution in [0.5, 0.6) is 0 Å². The molecule has 0 unspecified atom stereocenters. The van der Waals surface area contributed by atoms with Crippen molar-refractivity contribution in [2.45, 2.75) is 12.3 Å². The van der Waals surface area contributed by atoms with E-state index in [9.17, 15) is 4.79 Å². The minimum atomic E-state index is 0.0570. The Morgan fingerprint density at radius 2 is 0.781 bits per heavy atom. The van der Waals surface area contributed by atoms with Crippen molar-refractivity contribution in [3.05, 3.63) is 108 Å². The third-order valence-electron chi connectivity index (χ3n) is 7.23. The second-order valence-electron chi connectivity index (χ2n) is 8.71. The molecule has 0 saturated carbocycles. The van der Waals surface area contributed by atoms with Crippen molar-refractivity contribution in [1.82, 2.24) is 0 Å². The Labute approximate surface area is 185 Å². The van der Waals surface area contributed by atoms with Crippen LogP contribution in [0.2, 0.25) is 0 Å². The summed E-state index contributed by atoms with van der Waals surface area (Å²) in [5.41, 5.74) is 5.23. The van der Waals surface area contributed by atoms with Crippen LogP contribution in [0.3, 0.4) is 0 Å². The quantitative estimate of drug-likeness (QED) is 0.209. The van der Waals surface area contributed by atoms with Crippen LogP contribution in [0.4, 0.5) is 0 Å². The van der Waals surface area contributed by atoms with E-state index in [-0.39, 0.29) is 5.92 Å². The molecule has 6 aromatic carbocycles. The number of carbonyl (C=O) groups excluding carboxylic acids is 1. The van der Waals surface area contributed by atoms with E-state index < -0.39 is 0 Å². The summed E-state index contributed by atoms with van der Waals surface area (Å²) in [7, 11) is 0. The van der Waals surface area contributed by atoms with Crippen molar-refractivity contribution in [3.63, 3.8) is 0 Å². The molecule has 32 heavy (non-hydrogen) atoms. The molecule has 0 amide bonds. The van der Waals surface area contributed by atoms with Crippen molar-refractivity contribution in [1.29, 1.82) is 0 Å². The number of hydrogen-bond acceptors (Lipinski definition) is 1. The Hall–Kier alpha value is -3.97. The maximum Gasteiger partial charge on any atom is 0.120 e. The van der Waals surface area contributed by atoms with Gasteiger partial charge in [0.1, 0.15) is 6.29 Å². The second-order valence-corrected chi connectivity index (χ2v) is 8.71. The third kappa shape index (κ3) is 2.15. The van der Waals surface area contributed by atoms with Crippen LogP contribution in [-0.4, -0.2) is 6.29 Å². The Bertz CT molecular complexity index is 1600. The number of rotatable bonds is 2. The summed E-state index contributed by atoms with van der Waals surface area (Å²) in [5.74, 6) is 0.0570. The topological polar surface area (TPSA) is 17.1 Å². The maximum atomic E-state index is 12.0. The van der Waals surface area contributed by atoms with Crippen LogP contribution in [-0.2, 0) is 4.79 Å². The van der Waals surface area contributed by atoms with Gasteiger partial charge in [-0.2, -0.15) is 0 Å². The van der Waals surface area contributed by atoms with Gasteiger partial charge in [0, 0.05) is 12.3 Å². The molecule has 0 aromatic heterocycles. The molecule has 0 heterocycles. The van der Waals surface area contributed by atoms with Crippen LogP contribution in [0.25, 0.3) is 54.2 Å². The number of carbonyl (C=O) groups is 1. The first-order valence-corrected chi connectivity index (χ1v) is 11.2. The zero-order valence-corrected chi connectivity index (χ0v) is 17.5. The standard InChI is InChI=1S/C31H20O/c32-18-17-27-28-23-13-5-1-9-19(23)21-11-3-7-15-25(21)30(28)31-26-16-8-4-12-22(26)20-10-2-6-14-24(20)29(27)31/h1-16,18,27H,17H2. The van der Waals surface area contributed by atoms with Gasteiger partial charge < -0.3 is 4.79 Å². The first kappa shape index (κ1) is 17.7. The summed E-state index contributed by atoms with van der Waals surface area (Å²) < 4.78 is 0. The predicted octanol–water partition coefficient (Wildman–Crippen LogP) is 8.00. The van der Waals surface area contributed by atoms with Gasteiger partial charge in [0.25, 0.3) is 0 Å². The van der Waals surface area contributed by atoms with E-state index in [1.807, 2.05) is 0 Å². The predicted molar refractivity (Wildman–Crippen MR) is 134 cm³/mol. The highest BCUT2D eigenvalue weighted by atomic mass is 16.1. The molecule has 0 saturated heterocycles. The first-order valence-electron chi connectivity index (χ1n) is 11.2. The molecule has 0 radical (unpaired) electrons. The van der Waals surface area contributed by atoms with Gasteiger partial charge in [0.2, 0.25) is 0 Å². The molecule has 0 aliphatic heterocycles. The molecule has 0 spiro atoms. The Balaban J connectivity index is 1.82. The minimum Gasteiger partial charge on any atom is -0.303 e. The van der Waals surface area contributed by atoms with Crippen molar-refractivity contribution < 1.29 is 4.79 Å². The lowest BCUT2D eigenvalue weighted by molar-refractivity contribution is -0.108. The van der Waals surface area contributed by atoms with Crippen molar-refractivity contribution in [3.8, 4) is 11.1 Å². The van der Waals surface area contributed by atoms with E-state index in [1.54, 1.807) is 0 Å². The zero-order chi connectivity index (χ0) is 21.2. The molecule has 1 aliphatic carbocycles. The number of benzene rings is 6. The van der Waals surface area contributed by atoms with Crippen LogP contribution in [0.15, 0.2) is 97.1 Å². The van der Waals surface area contributed by atoms with Gasteiger partial charge in [-0.05, 0) is 65.3 Å². The van der Waals surface area contributed by atoms with E-state index >= 15 is 0 Å². The molecule has 0 bridgehead atoms. The number of fused-ring (bicyclic) bond motifs is 13. The fourth-order valence-corrected chi connectivity index (χ4v) is 6.08. The summed E-state index contributed by atoms with van der Waals surface area (Å²) in [6.45, 7) is 0. The zero-order valence-electron chi connectivity index (χ0n) is 17.5. The number of aldehydes is 1. The van der Waals surface area contributed by atoms with Gasteiger partial charge in [-0.25, -0.2) is 0 Å². The van der Waals surface area contributed by atoms with Gasteiger partial charge in [-0.15, -0.1) is 0 Å². The fourth-order valence-electron chi connectivity index (χ4n) is 6.08. The highest BCUT2D eigenvalue weighted by Crippen LogP contribution is 2.56. The van der Waals surface area contributed by atoms with E-state index in [0.717, 1.165) is 6.29 Å². The molecule has 0 N–H and O–H groups in total. The summed E-state index contributed by atoms with van der Waals surface area (Å²) in [6.07, 6.45) is 1.59. The molecule has 150 valence electrons. The second kappa shape index (κ2) is 6.51. The van der Waals surface area contributed by atoms with Crippen LogP contribution in [0.1, 0.15) is 23.5 Å². The lowest BCUT2D eigenvalue weighted by Gasteiger charge is -2.16. The average Bonchev–Trinajstić information content (AvgIpc) is 3.20. The van der Waals surface area contributed by atoms with Crippen molar-refractivity contribution >= 4 is 49.4 Å². The number of hydrogen-bond donors (Lipinski definition) is 0. The molecule has 0 fully saturated rings. The van der Waals surface area contributed by atoms with Crippen LogP contribution >= 0.6 is 0 Å². The third-order valence-corrected chi connectivity index (χ3v) is 7.23. The summed E-state index contributed by atoms with van der Waals surface area (Å²) in [6, 6.07) is 34.8. The highest BCUT2D eigenvalue weighted by molar-refractivity contribution is 6.25. The monoisotopic (exact) mass is 408 g/mol. The maximum absolute atomic E-state index is 12.0. The van der Waals surface area contributed by atoms with E-state index in [0.29, 0.717) is 6.42 Å². The Kier molecular flexibility index (Phi) is 3.60. The Morgan fingerprint density at radius 1 is 0.469 bits per heavy atom. The summed E-state index contributed by atoms with van der Waals surface area (Å²) in [5, 5.41) is 10.1. The van der Waals surface area contributed by atoms with E-state index in [2.05, 4.69) is 97.1 Å². The van der Waals surface area contributed by atoms with E-state index in [4.69, 9.17) is 0 Å². The fraction of sp³-hybridized carbons (Fsp3) is 0.0645. The lowest BCUT2D eigenvalue weighted by Crippen LogP contribution is -2.00. The smallest absolute Gasteiger partial charge is 0.120 e. The van der Waals surface area contributed by atoms with Gasteiger partial charge in [-0.1, -0.05) is 97.1 Å². The normalized spacial score (nSPS) is 13.1. The van der Waals surface area contributed by atoms with Gasteiger partial charge in [0.15, 0.2) is 0 Å². The first-order chi connectivity index (χ1) is 15.9. The average molecular weight is 409 g/mol. The van der Waals surface area contributed by atoms with Gasteiger partial charge in [-0.3, -0.25) is 0 Å². The molecular weight excluding hydrogens is 388 g/mol. The van der Waals surface area contributed by atoms with Crippen molar-refractivity contribution in [2.24, 2.45) is 0 Å². The lowest BCUT2D eigenvalue weighted by atomic mass is 9.86. The van der Waals surface area contributed by atoms with Crippen LogP contribution < -0.4 is 0 Å². The molecule has 6 aromatic rings. The van der Waals surface area contributed by atoms with Gasteiger partial charge >= 0.3 is 0 Å². The molecule has 7 rings (SSSR count). The SMILES string of the molecule is O=CCC1c2c(c3ccccc3c3ccccc23)-c2c1c1ccccc1c1ccccc21. The minimum absolute atomic E-state index is 0.0570. The van der Waals surface area contributed by atoms with Crippen molar-refractivity contribution in [2.75, 3.05) is 0 Å².